The minimum Gasteiger partial charge on any atom is -0.367 e. The van der Waals surface area contributed by atoms with Gasteiger partial charge in [0, 0.05) is 17.6 Å². The van der Waals surface area contributed by atoms with Crippen molar-refractivity contribution >= 4 is 16.6 Å². The Bertz CT molecular complexity index is 487. The van der Waals surface area contributed by atoms with Gasteiger partial charge >= 0.3 is 0 Å². The number of aromatic nitrogens is 1. The predicted molar refractivity (Wildman–Crippen MR) is 62.9 cm³/mol. The Morgan fingerprint density at radius 3 is 2.87 bits per heavy atom. The molecule has 0 radical (unpaired) electrons. The van der Waals surface area contributed by atoms with Crippen LogP contribution in [0.5, 0.6) is 0 Å². The van der Waals surface area contributed by atoms with Crippen molar-refractivity contribution in [3.63, 3.8) is 0 Å². The summed E-state index contributed by atoms with van der Waals surface area (Å²) in [6.45, 7) is 2.27. The number of hydrogen-bond donors (Lipinski definition) is 1. The van der Waals surface area contributed by atoms with Crippen LogP contribution in [0.2, 0.25) is 0 Å². The van der Waals surface area contributed by atoms with E-state index in [0.717, 1.165) is 11.7 Å². The van der Waals surface area contributed by atoms with Gasteiger partial charge in [-0.25, -0.2) is 4.98 Å². The number of fused-ring (bicyclic) bond motifs is 1. The second-order valence-corrected chi connectivity index (χ2v) is 4.34. The molecule has 15 heavy (non-hydrogen) atoms. The lowest BCUT2D eigenvalue weighted by Crippen LogP contribution is -2.05. The molecule has 1 N–H and O–H groups in total. The largest absolute Gasteiger partial charge is 0.367 e. The fourth-order valence-corrected chi connectivity index (χ4v) is 1.93. The van der Waals surface area contributed by atoms with Gasteiger partial charge in [0.2, 0.25) is 0 Å². The zero-order chi connectivity index (χ0) is 10.3. The third-order valence-electron chi connectivity index (χ3n) is 3.11. The molecule has 1 saturated carbocycles. The number of nitrogens with zero attached hydrogens (tertiary/aromatic N) is 1. The van der Waals surface area contributed by atoms with Crippen LogP contribution < -0.4 is 5.32 Å². The molecule has 1 aromatic heterocycles. The maximum atomic E-state index is 4.41. The first-order valence-corrected chi connectivity index (χ1v) is 5.45. The van der Waals surface area contributed by atoms with Crippen molar-refractivity contribution in [1.29, 1.82) is 0 Å². The van der Waals surface area contributed by atoms with E-state index in [-0.39, 0.29) is 0 Å². The summed E-state index contributed by atoms with van der Waals surface area (Å²) in [7, 11) is 0. The van der Waals surface area contributed by atoms with E-state index in [1.807, 2.05) is 6.20 Å². The summed E-state index contributed by atoms with van der Waals surface area (Å²) in [6.07, 6.45) is 3.14. The van der Waals surface area contributed by atoms with E-state index >= 15 is 0 Å². The van der Waals surface area contributed by atoms with Crippen molar-refractivity contribution < 1.29 is 0 Å². The Hall–Kier alpha value is -1.57. The first kappa shape index (κ1) is 8.72. The van der Waals surface area contributed by atoms with Crippen LogP contribution in [0.3, 0.4) is 0 Å². The van der Waals surface area contributed by atoms with Crippen LogP contribution in [0.25, 0.3) is 10.8 Å². The van der Waals surface area contributed by atoms with Crippen molar-refractivity contribution in [2.24, 2.45) is 5.92 Å². The second kappa shape index (κ2) is 3.23. The van der Waals surface area contributed by atoms with Gasteiger partial charge in [-0.05, 0) is 23.8 Å². The first-order chi connectivity index (χ1) is 7.34. The Morgan fingerprint density at radius 2 is 2.07 bits per heavy atom. The number of anilines is 1. The second-order valence-electron chi connectivity index (χ2n) is 4.34. The lowest BCUT2D eigenvalue weighted by Gasteiger charge is -2.07. The highest BCUT2D eigenvalue weighted by molar-refractivity contribution is 5.91. The van der Waals surface area contributed by atoms with Gasteiger partial charge in [0.25, 0.3) is 0 Å². The highest BCUT2D eigenvalue weighted by Crippen LogP contribution is 2.33. The third-order valence-corrected chi connectivity index (χ3v) is 3.11. The Labute approximate surface area is 89.3 Å². The molecule has 1 aliphatic carbocycles. The number of benzene rings is 1. The lowest BCUT2D eigenvalue weighted by molar-refractivity contribution is 0.925. The fraction of sp³-hybridized carbons (Fsp3) is 0.308. The van der Waals surface area contributed by atoms with Crippen LogP contribution in [-0.2, 0) is 0 Å². The summed E-state index contributed by atoms with van der Waals surface area (Å²) in [5, 5.41) is 5.97. The molecule has 2 heteroatoms. The predicted octanol–water partition coefficient (Wildman–Crippen LogP) is 3.06. The van der Waals surface area contributed by atoms with Gasteiger partial charge < -0.3 is 5.32 Å². The molecule has 1 aromatic carbocycles. The minimum atomic E-state index is 0.628. The molecule has 2 aromatic rings. The molecule has 0 aliphatic heterocycles. The fourth-order valence-electron chi connectivity index (χ4n) is 1.93. The quantitative estimate of drug-likeness (QED) is 0.802. The lowest BCUT2D eigenvalue weighted by atomic mass is 10.1. The molecule has 1 fully saturated rings. The maximum Gasteiger partial charge on any atom is 0.134 e. The summed E-state index contributed by atoms with van der Waals surface area (Å²) < 4.78 is 0. The van der Waals surface area contributed by atoms with Gasteiger partial charge in [-0.15, -0.1) is 0 Å². The number of rotatable bonds is 2. The average Bonchev–Trinajstić information content (AvgIpc) is 2.95. The van der Waals surface area contributed by atoms with Crippen molar-refractivity contribution in [1.82, 2.24) is 4.98 Å². The standard InChI is InChI=1S/C13H14N2/c1-9-8-12(9)15-13-11-5-3-2-4-10(11)6-7-14-13/h2-7,9,12H,8H2,1H3,(H,14,15). The van der Waals surface area contributed by atoms with Crippen LogP contribution >= 0.6 is 0 Å². The molecular formula is C13H14N2. The SMILES string of the molecule is CC1CC1Nc1nccc2ccccc12. The van der Waals surface area contributed by atoms with Gasteiger partial charge in [0.1, 0.15) is 5.82 Å². The number of pyridine rings is 1. The van der Waals surface area contributed by atoms with Crippen LogP contribution in [0.1, 0.15) is 13.3 Å². The summed E-state index contributed by atoms with van der Waals surface area (Å²) in [6, 6.07) is 11.0. The monoisotopic (exact) mass is 198 g/mol. The molecule has 1 heterocycles. The van der Waals surface area contributed by atoms with E-state index in [9.17, 15) is 0 Å². The van der Waals surface area contributed by atoms with Crippen molar-refractivity contribution in [3.05, 3.63) is 36.5 Å². The third kappa shape index (κ3) is 1.56. The number of hydrogen-bond acceptors (Lipinski definition) is 2. The van der Waals surface area contributed by atoms with E-state index in [0.29, 0.717) is 6.04 Å². The molecule has 0 bridgehead atoms. The molecule has 1 aliphatic rings. The van der Waals surface area contributed by atoms with Gasteiger partial charge in [0.15, 0.2) is 0 Å². The first-order valence-electron chi connectivity index (χ1n) is 5.45. The summed E-state index contributed by atoms with van der Waals surface area (Å²) >= 11 is 0. The van der Waals surface area contributed by atoms with E-state index in [1.165, 1.54) is 17.2 Å². The zero-order valence-corrected chi connectivity index (χ0v) is 8.77. The van der Waals surface area contributed by atoms with Crippen molar-refractivity contribution in [2.75, 3.05) is 5.32 Å². The smallest absolute Gasteiger partial charge is 0.134 e. The number of nitrogens with one attached hydrogen (secondary N) is 1. The molecule has 2 atom stereocenters. The van der Waals surface area contributed by atoms with Gasteiger partial charge in [-0.1, -0.05) is 31.2 Å². The topological polar surface area (TPSA) is 24.9 Å². The van der Waals surface area contributed by atoms with Crippen LogP contribution in [0.15, 0.2) is 36.5 Å². The molecule has 2 unspecified atom stereocenters. The van der Waals surface area contributed by atoms with Crippen LogP contribution in [0.4, 0.5) is 5.82 Å². The molecular weight excluding hydrogens is 184 g/mol. The Balaban J connectivity index is 2.02. The van der Waals surface area contributed by atoms with Crippen molar-refractivity contribution in [3.8, 4) is 0 Å². The van der Waals surface area contributed by atoms with Crippen LogP contribution in [-0.4, -0.2) is 11.0 Å². The molecule has 76 valence electrons. The van der Waals surface area contributed by atoms with E-state index in [2.05, 4.69) is 47.6 Å². The Morgan fingerprint density at radius 1 is 1.27 bits per heavy atom. The average molecular weight is 198 g/mol. The van der Waals surface area contributed by atoms with E-state index < -0.39 is 0 Å². The molecule has 2 nitrogen and oxygen atoms in total. The van der Waals surface area contributed by atoms with Gasteiger partial charge in [-0.3, -0.25) is 0 Å². The molecule has 0 spiro atoms. The highest BCUT2D eigenvalue weighted by Gasteiger charge is 2.32. The normalized spacial score (nSPS) is 24.1. The zero-order valence-electron chi connectivity index (χ0n) is 8.77. The Kier molecular flexibility index (Phi) is 1.88. The highest BCUT2D eigenvalue weighted by atomic mass is 15.0. The summed E-state index contributed by atoms with van der Waals surface area (Å²) in [4.78, 5) is 4.41. The van der Waals surface area contributed by atoms with Crippen LogP contribution in [0, 0.1) is 5.92 Å². The molecule has 0 amide bonds. The van der Waals surface area contributed by atoms with Gasteiger partial charge in [-0.2, -0.15) is 0 Å². The van der Waals surface area contributed by atoms with Crippen molar-refractivity contribution in [2.45, 2.75) is 19.4 Å². The summed E-state index contributed by atoms with van der Waals surface area (Å²) in [5.41, 5.74) is 0. The van der Waals surface area contributed by atoms with Gasteiger partial charge in [0.05, 0.1) is 0 Å². The van der Waals surface area contributed by atoms with E-state index in [1.54, 1.807) is 0 Å². The molecule has 0 saturated heterocycles. The minimum absolute atomic E-state index is 0.628. The summed E-state index contributed by atoms with van der Waals surface area (Å²) in [5.74, 6) is 1.83. The van der Waals surface area contributed by atoms with E-state index in [4.69, 9.17) is 0 Å². The molecule has 3 rings (SSSR count). The maximum absolute atomic E-state index is 4.41.